The number of hydrogen-bond donors (Lipinski definition) is 1. The van der Waals surface area contributed by atoms with Crippen molar-refractivity contribution in [1.29, 1.82) is 0 Å². The van der Waals surface area contributed by atoms with Crippen LogP contribution in [0.1, 0.15) is 36.0 Å². The predicted octanol–water partition coefficient (Wildman–Crippen LogP) is 4.46. The maximum Gasteiger partial charge on any atom is 0.286 e. The smallest absolute Gasteiger partial charge is 0.286 e. The van der Waals surface area contributed by atoms with E-state index in [0.29, 0.717) is 41.7 Å². The van der Waals surface area contributed by atoms with Gasteiger partial charge in [0.25, 0.3) is 15.9 Å². The number of carbonyl (C=O) groups excluding carboxylic acids is 1. The lowest BCUT2D eigenvalue weighted by Gasteiger charge is -2.30. The van der Waals surface area contributed by atoms with Crippen LogP contribution in [0.25, 0.3) is 0 Å². The molecule has 1 fully saturated rings. The molecule has 0 bridgehead atoms. The first kappa shape index (κ1) is 20.4. The van der Waals surface area contributed by atoms with E-state index in [1.807, 2.05) is 4.90 Å². The van der Waals surface area contributed by atoms with Crippen molar-refractivity contribution in [3.8, 4) is 11.5 Å². The Labute approximate surface area is 188 Å². The van der Waals surface area contributed by atoms with E-state index in [1.54, 1.807) is 6.07 Å². The van der Waals surface area contributed by atoms with Crippen LogP contribution < -0.4 is 19.7 Å². The molecule has 1 saturated heterocycles. The molecule has 0 radical (unpaired) electrons. The molecule has 3 aliphatic rings. The zero-order valence-electron chi connectivity index (χ0n) is 16.2. The number of nitrogens with one attached hydrogen (secondary N) is 1. The van der Waals surface area contributed by atoms with Gasteiger partial charge in [-0.2, -0.15) is 8.42 Å². The molecule has 3 heterocycles. The van der Waals surface area contributed by atoms with Crippen LogP contribution in [0.2, 0.25) is 10.0 Å². The van der Waals surface area contributed by atoms with Crippen molar-refractivity contribution in [2.24, 2.45) is 4.40 Å². The molecule has 162 valence electrons. The largest absolute Gasteiger partial charge is 0.454 e. The van der Waals surface area contributed by atoms with Crippen LogP contribution in [0.3, 0.4) is 0 Å². The average molecular weight is 482 g/mol. The van der Waals surface area contributed by atoms with E-state index in [0.717, 1.165) is 19.3 Å². The second-order valence-electron chi connectivity index (χ2n) is 7.38. The highest BCUT2D eigenvalue weighted by Gasteiger charge is 2.33. The monoisotopic (exact) mass is 481 g/mol. The summed E-state index contributed by atoms with van der Waals surface area (Å²) in [6.07, 6.45) is 3.38. The number of sulfonamides is 1. The average Bonchev–Trinajstić information content (AvgIpc) is 3.03. The van der Waals surface area contributed by atoms with Crippen LogP contribution >= 0.6 is 23.2 Å². The quantitative estimate of drug-likeness (QED) is 0.679. The molecule has 11 heteroatoms. The Hall–Kier alpha value is -2.49. The van der Waals surface area contributed by atoms with Crippen LogP contribution in [0.5, 0.6) is 11.5 Å². The number of hydrogen-bond acceptors (Lipinski definition) is 6. The molecule has 1 N–H and O–H groups in total. The minimum Gasteiger partial charge on any atom is -0.454 e. The van der Waals surface area contributed by atoms with Gasteiger partial charge in [0.1, 0.15) is 10.7 Å². The third kappa shape index (κ3) is 3.60. The Morgan fingerprint density at radius 3 is 2.61 bits per heavy atom. The van der Waals surface area contributed by atoms with E-state index < -0.39 is 15.9 Å². The van der Waals surface area contributed by atoms with Gasteiger partial charge in [0.15, 0.2) is 11.5 Å². The van der Waals surface area contributed by atoms with Gasteiger partial charge < -0.3 is 19.7 Å². The summed E-state index contributed by atoms with van der Waals surface area (Å²) in [7, 11) is -3.95. The summed E-state index contributed by atoms with van der Waals surface area (Å²) in [5, 5.41) is 3.04. The number of nitrogens with zero attached hydrogens (tertiary/aromatic N) is 2. The maximum atomic E-state index is 13.0. The second-order valence-corrected chi connectivity index (χ2v) is 9.77. The van der Waals surface area contributed by atoms with Crippen molar-refractivity contribution in [2.45, 2.75) is 30.6 Å². The van der Waals surface area contributed by atoms with E-state index in [2.05, 4.69) is 9.71 Å². The van der Waals surface area contributed by atoms with Crippen LogP contribution in [-0.4, -0.2) is 33.5 Å². The normalized spacial score (nSPS) is 18.5. The second kappa shape index (κ2) is 7.58. The van der Waals surface area contributed by atoms with Gasteiger partial charge >= 0.3 is 0 Å². The van der Waals surface area contributed by atoms with Crippen LogP contribution in [0.4, 0.5) is 11.4 Å². The molecule has 0 spiro atoms. The van der Waals surface area contributed by atoms with Crippen molar-refractivity contribution in [3.05, 3.63) is 39.9 Å². The highest BCUT2D eigenvalue weighted by Crippen LogP contribution is 2.41. The zero-order chi connectivity index (χ0) is 21.8. The van der Waals surface area contributed by atoms with Crippen LogP contribution in [-0.2, 0) is 10.0 Å². The molecule has 0 unspecified atom stereocenters. The van der Waals surface area contributed by atoms with E-state index in [9.17, 15) is 13.2 Å². The summed E-state index contributed by atoms with van der Waals surface area (Å²) in [6, 6.07) is 5.87. The summed E-state index contributed by atoms with van der Waals surface area (Å²) >= 11 is 12.6. The first-order valence-corrected chi connectivity index (χ1v) is 11.9. The van der Waals surface area contributed by atoms with Gasteiger partial charge in [-0.15, -0.1) is 4.40 Å². The third-order valence-electron chi connectivity index (χ3n) is 5.39. The Balaban J connectivity index is 1.52. The van der Waals surface area contributed by atoms with Gasteiger partial charge in [-0.05, 0) is 25.0 Å². The fraction of sp³-hybridized carbons (Fsp3) is 0.300. The van der Waals surface area contributed by atoms with Crippen LogP contribution in [0, 0.1) is 0 Å². The SMILES string of the molecule is O=C(Nc1cc2c(cc1Cl)OCO2)c1cc2c(cc1Cl)N1CCCCCC1=NS2(=O)=O. The lowest BCUT2D eigenvalue weighted by molar-refractivity contribution is 0.102. The molecule has 0 atom stereocenters. The van der Waals surface area contributed by atoms with Crippen molar-refractivity contribution in [1.82, 2.24) is 0 Å². The van der Waals surface area contributed by atoms with Crippen molar-refractivity contribution < 1.29 is 22.7 Å². The summed E-state index contributed by atoms with van der Waals surface area (Å²) in [5.41, 5.74) is 0.751. The molecule has 5 rings (SSSR count). The minimum atomic E-state index is -3.95. The predicted molar refractivity (Wildman–Crippen MR) is 117 cm³/mol. The van der Waals surface area contributed by atoms with Crippen molar-refractivity contribution in [2.75, 3.05) is 23.6 Å². The molecule has 3 aliphatic heterocycles. The first-order chi connectivity index (χ1) is 14.8. The molecule has 8 nitrogen and oxygen atoms in total. The molecule has 1 amide bonds. The van der Waals surface area contributed by atoms with Crippen LogP contribution in [0.15, 0.2) is 33.6 Å². The highest BCUT2D eigenvalue weighted by molar-refractivity contribution is 7.90. The van der Waals surface area contributed by atoms with E-state index in [1.165, 1.54) is 18.2 Å². The summed E-state index contributed by atoms with van der Waals surface area (Å²) in [4.78, 5) is 14.8. The molecular formula is C20H17Cl2N3O5S. The summed E-state index contributed by atoms with van der Waals surface area (Å²) in [5.74, 6) is 0.841. The van der Waals surface area contributed by atoms with Gasteiger partial charge in [-0.25, -0.2) is 0 Å². The highest BCUT2D eigenvalue weighted by atomic mass is 35.5. The molecule has 31 heavy (non-hydrogen) atoms. The Kier molecular flexibility index (Phi) is 4.99. The number of benzene rings is 2. The zero-order valence-corrected chi connectivity index (χ0v) is 18.5. The number of amidine groups is 1. The lowest BCUT2D eigenvalue weighted by Crippen LogP contribution is -2.35. The molecular weight excluding hydrogens is 465 g/mol. The molecule has 2 aromatic carbocycles. The number of ether oxygens (including phenoxy) is 2. The van der Waals surface area contributed by atoms with Gasteiger partial charge in [-0.1, -0.05) is 29.6 Å². The van der Waals surface area contributed by atoms with E-state index in [4.69, 9.17) is 32.7 Å². The fourth-order valence-electron chi connectivity index (χ4n) is 3.87. The molecule has 0 aromatic heterocycles. The fourth-order valence-corrected chi connectivity index (χ4v) is 5.58. The van der Waals surface area contributed by atoms with Crippen molar-refractivity contribution >= 4 is 56.3 Å². The van der Waals surface area contributed by atoms with Crippen molar-refractivity contribution in [3.63, 3.8) is 0 Å². The number of fused-ring (bicyclic) bond motifs is 4. The minimum absolute atomic E-state index is 0.00574. The van der Waals surface area contributed by atoms with E-state index >= 15 is 0 Å². The Bertz CT molecular complexity index is 1250. The number of amides is 1. The summed E-state index contributed by atoms with van der Waals surface area (Å²) < 4.78 is 40.2. The number of rotatable bonds is 2. The Morgan fingerprint density at radius 2 is 1.81 bits per heavy atom. The maximum absolute atomic E-state index is 13.0. The molecule has 0 aliphatic carbocycles. The van der Waals surface area contributed by atoms with Gasteiger partial charge in [0, 0.05) is 25.1 Å². The van der Waals surface area contributed by atoms with E-state index in [-0.39, 0.29) is 27.3 Å². The lowest BCUT2D eigenvalue weighted by atomic mass is 10.1. The topological polar surface area (TPSA) is 97.3 Å². The number of carbonyl (C=O) groups is 1. The van der Waals surface area contributed by atoms with Gasteiger partial charge in [-0.3, -0.25) is 4.79 Å². The molecule has 0 saturated carbocycles. The van der Waals surface area contributed by atoms with Gasteiger partial charge in [0.2, 0.25) is 6.79 Å². The standard InChI is InChI=1S/C20H17Cl2N3O5S/c21-12-7-15-18(31(27,28)24-19-4-2-1-3-5-25(15)19)6-11(12)20(26)23-14-9-17-16(8-13(14)22)29-10-30-17/h6-9H,1-5,10H2,(H,23,26). The molecule has 2 aromatic rings. The number of halogens is 2. The Morgan fingerprint density at radius 1 is 1.03 bits per heavy atom. The summed E-state index contributed by atoms with van der Waals surface area (Å²) in [6.45, 7) is 0.715. The number of anilines is 2. The van der Waals surface area contributed by atoms with Gasteiger partial charge in [0.05, 0.1) is 27.0 Å². The first-order valence-electron chi connectivity index (χ1n) is 9.69. The third-order valence-corrected chi connectivity index (χ3v) is 7.35.